The van der Waals surface area contributed by atoms with E-state index in [0.29, 0.717) is 0 Å². The molecule has 0 amide bonds. The first kappa shape index (κ1) is 10.4. The summed E-state index contributed by atoms with van der Waals surface area (Å²) in [5, 5.41) is 11.4. The maximum absolute atomic E-state index is 10.6. The van der Waals surface area contributed by atoms with E-state index in [2.05, 4.69) is 5.32 Å². The van der Waals surface area contributed by atoms with Crippen LogP contribution in [0.2, 0.25) is 0 Å². The average molecular weight is 160 g/mol. The van der Waals surface area contributed by atoms with Crippen molar-refractivity contribution in [1.82, 2.24) is 5.32 Å². The van der Waals surface area contributed by atoms with E-state index in [0.717, 1.165) is 6.42 Å². The Hall–Kier alpha value is -0.610. The van der Waals surface area contributed by atoms with Crippen LogP contribution in [0, 0.1) is 5.92 Å². The van der Waals surface area contributed by atoms with Crippen molar-refractivity contribution in [2.45, 2.75) is 26.3 Å². The van der Waals surface area contributed by atoms with E-state index >= 15 is 0 Å². The number of nitrogens with one attached hydrogen (secondary N) is 1. The van der Waals surface area contributed by atoms with Crippen LogP contribution in [0.4, 0.5) is 0 Å². The minimum Gasteiger partial charge on any atom is -0.480 e. The lowest BCUT2D eigenvalue weighted by molar-refractivity contribution is -0.140. The molecule has 11 heavy (non-hydrogen) atoms. The molecule has 0 aliphatic rings. The van der Waals surface area contributed by atoms with Crippen LogP contribution < -0.4 is 11.1 Å². The fourth-order valence-electron chi connectivity index (χ4n) is 0.895. The molecule has 4 heteroatoms. The van der Waals surface area contributed by atoms with Crippen LogP contribution >= 0.6 is 0 Å². The highest BCUT2D eigenvalue weighted by Crippen LogP contribution is 2.06. The molecule has 0 rings (SSSR count). The van der Waals surface area contributed by atoms with Gasteiger partial charge in [-0.1, -0.05) is 20.3 Å². The van der Waals surface area contributed by atoms with Gasteiger partial charge in [-0.25, -0.2) is 0 Å². The molecule has 66 valence electrons. The van der Waals surface area contributed by atoms with E-state index in [9.17, 15) is 4.79 Å². The smallest absolute Gasteiger partial charge is 0.321 e. The second kappa shape index (κ2) is 5.09. The normalized spacial score (nSPS) is 15.9. The van der Waals surface area contributed by atoms with Crippen LogP contribution in [-0.2, 0) is 4.79 Å². The van der Waals surface area contributed by atoms with Gasteiger partial charge >= 0.3 is 5.97 Å². The van der Waals surface area contributed by atoms with E-state index in [1.54, 1.807) is 0 Å². The van der Waals surface area contributed by atoms with E-state index in [4.69, 9.17) is 10.8 Å². The summed E-state index contributed by atoms with van der Waals surface area (Å²) in [5.41, 5.74) is 5.19. The minimum atomic E-state index is -0.829. The number of aliphatic carboxylic acids is 1. The van der Waals surface area contributed by atoms with Gasteiger partial charge in [-0.2, -0.15) is 0 Å². The van der Waals surface area contributed by atoms with Crippen molar-refractivity contribution in [3.63, 3.8) is 0 Å². The highest BCUT2D eigenvalue weighted by atomic mass is 16.4. The third-order valence-corrected chi connectivity index (χ3v) is 1.82. The van der Waals surface area contributed by atoms with Crippen LogP contribution in [0.5, 0.6) is 0 Å². The predicted molar refractivity (Wildman–Crippen MR) is 43.1 cm³/mol. The highest BCUT2D eigenvalue weighted by Gasteiger charge is 2.21. The van der Waals surface area contributed by atoms with Crippen molar-refractivity contribution in [2.75, 3.05) is 6.67 Å². The summed E-state index contributed by atoms with van der Waals surface area (Å²) in [4.78, 5) is 10.6. The number of carboxylic acids is 1. The summed E-state index contributed by atoms with van der Waals surface area (Å²) < 4.78 is 0. The summed E-state index contributed by atoms with van der Waals surface area (Å²) in [6.07, 6.45) is 0.837. The van der Waals surface area contributed by atoms with Gasteiger partial charge in [-0.3, -0.25) is 10.1 Å². The molecule has 0 aromatic carbocycles. The number of hydrogen-bond donors (Lipinski definition) is 3. The summed E-state index contributed by atoms with van der Waals surface area (Å²) in [7, 11) is 0. The second-order valence-corrected chi connectivity index (χ2v) is 2.61. The quantitative estimate of drug-likeness (QED) is 0.494. The summed E-state index contributed by atoms with van der Waals surface area (Å²) in [6.45, 7) is 4.06. The summed E-state index contributed by atoms with van der Waals surface area (Å²) >= 11 is 0. The van der Waals surface area contributed by atoms with Gasteiger partial charge in [0, 0.05) is 6.67 Å². The number of nitrogens with two attached hydrogens (primary N) is 1. The minimum absolute atomic E-state index is 0.121. The van der Waals surface area contributed by atoms with E-state index < -0.39 is 12.0 Å². The number of carboxylic acid groups (broad SMARTS) is 1. The average Bonchev–Trinajstić information content (AvgIpc) is 1.98. The topological polar surface area (TPSA) is 75.3 Å². The Bertz CT molecular complexity index is 128. The molecule has 0 saturated carbocycles. The maximum Gasteiger partial charge on any atom is 0.321 e. The van der Waals surface area contributed by atoms with Crippen molar-refractivity contribution in [2.24, 2.45) is 11.7 Å². The van der Waals surface area contributed by atoms with E-state index in [1.165, 1.54) is 0 Å². The van der Waals surface area contributed by atoms with Gasteiger partial charge in [0.25, 0.3) is 0 Å². The zero-order valence-corrected chi connectivity index (χ0v) is 7.00. The predicted octanol–water partition coefficient (Wildman–Crippen LogP) is -0.00850. The molecule has 0 saturated heterocycles. The molecule has 0 fully saturated rings. The lowest BCUT2D eigenvalue weighted by atomic mass is 10.00. The van der Waals surface area contributed by atoms with Gasteiger partial charge in [0.05, 0.1) is 0 Å². The molecule has 0 heterocycles. The van der Waals surface area contributed by atoms with Crippen molar-refractivity contribution >= 4 is 5.97 Å². The second-order valence-electron chi connectivity index (χ2n) is 2.61. The zero-order valence-electron chi connectivity index (χ0n) is 7.00. The van der Waals surface area contributed by atoms with Gasteiger partial charge in [-0.05, 0) is 5.92 Å². The van der Waals surface area contributed by atoms with Crippen molar-refractivity contribution in [1.29, 1.82) is 0 Å². The highest BCUT2D eigenvalue weighted by molar-refractivity contribution is 5.73. The number of carbonyl (C=O) groups is 1. The Morgan fingerprint density at radius 3 is 2.55 bits per heavy atom. The van der Waals surface area contributed by atoms with Crippen LogP contribution in [0.1, 0.15) is 20.3 Å². The Balaban J connectivity index is 3.97. The lowest BCUT2D eigenvalue weighted by Gasteiger charge is -2.18. The molecule has 0 aliphatic heterocycles. The molecular weight excluding hydrogens is 144 g/mol. The molecule has 0 aliphatic carbocycles. The molecule has 0 radical (unpaired) electrons. The molecule has 2 atom stereocenters. The number of rotatable bonds is 5. The molecule has 4 nitrogen and oxygen atoms in total. The first-order chi connectivity index (χ1) is 5.13. The largest absolute Gasteiger partial charge is 0.480 e. The Morgan fingerprint density at radius 1 is 1.73 bits per heavy atom. The Labute approximate surface area is 66.8 Å². The van der Waals surface area contributed by atoms with Crippen LogP contribution in [-0.4, -0.2) is 23.8 Å². The van der Waals surface area contributed by atoms with Gasteiger partial charge in [0.1, 0.15) is 6.04 Å². The van der Waals surface area contributed by atoms with Crippen LogP contribution in [0.25, 0.3) is 0 Å². The Morgan fingerprint density at radius 2 is 2.27 bits per heavy atom. The third kappa shape index (κ3) is 3.34. The first-order valence-electron chi connectivity index (χ1n) is 3.79. The van der Waals surface area contributed by atoms with Crippen LogP contribution in [0.15, 0.2) is 0 Å². The fourth-order valence-corrected chi connectivity index (χ4v) is 0.895. The molecule has 0 spiro atoms. The van der Waals surface area contributed by atoms with E-state index in [-0.39, 0.29) is 12.6 Å². The summed E-state index contributed by atoms with van der Waals surface area (Å²) in [5.74, 6) is -0.708. The van der Waals surface area contributed by atoms with Crippen LogP contribution in [0.3, 0.4) is 0 Å². The van der Waals surface area contributed by atoms with Gasteiger partial charge in [0.15, 0.2) is 0 Å². The molecule has 0 aromatic heterocycles. The maximum atomic E-state index is 10.6. The van der Waals surface area contributed by atoms with E-state index in [1.807, 2.05) is 13.8 Å². The molecule has 4 N–H and O–H groups in total. The van der Waals surface area contributed by atoms with Gasteiger partial charge < -0.3 is 10.8 Å². The third-order valence-electron chi connectivity index (χ3n) is 1.82. The zero-order chi connectivity index (χ0) is 8.85. The first-order valence-corrected chi connectivity index (χ1v) is 3.79. The molecule has 0 bridgehead atoms. The SMILES string of the molecule is CC[C@H](C)[C@H](NCN)C(=O)O. The standard InChI is InChI=1S/C7H16N2O2/c1-3-5(2)6(7(10)11)9-4-8/h5-6,9H,3-4,8H2,1-2H3,(H,10,11)/t5-,6-/m0/s1. The van der Waals surface area contributed by atoms with Gasteiger partial charge in [0.2, 0.25) is 0 Å². The monoisotopic (exact) mass is 160 g/mol. The molecule has 0 aromatic rings. The van der Waals surface area contributed by atoms with Crippen molar-refractivity contribution in [3.05, 3.63) is 0 Å². The van der Waals surface area contributed by atoms with Gasteiger partial charge in [-0.15, -0.1) is 0 Å². The molecular formula is C7H16N2O2. The lowest BCUT2D eigenvalue weighted by Crippen LogP contribution is -2.44. The molecule has 0 unspecified atom stereocenters. The van der Waals surface area contributed by atoms with Crippen molar-refractivity contribution < 1.29 is 9.90 Å². The summed E-state index contributed by atoms with van der Waals surface area (Å²) in [6, 6.07) is -0.509. The fraction of sp³-hybridized carbons (Fsp3) is 0.857. The van der Waals surface area contributed by atoms with Crippen molar-refractivity contribution in [3.8, 4) is 0 Å². The number of hydrogen-bond acceptors (Lipinski definition) is 3. The Kier molecular flexibility index (Phi) is 4.81.